The average molecular weight is 334 g/mol. The summed E-state index contributed by atoms with van der Waals surface area (Å²) in [4.78, 5) is 12.4. The number of carbonyl (C=O) groups excluding carboxylic acids is 1. The van der Waals surface area contributed by atoms with Crippen LogP contribution >= 0.6 is 0 Å². The largest absolute Gasteiger partial charge is 0.426 e. The lowest BCUT2D eigenvalue weighted by Crippen LogP contribution is -2.12. The van der Waals surface area contributed by atoms with Crippen LogP contribution < -0.4 is 4.74 Å². The third-order valence-electron chi connectivity index (χ3n) is 4.47. The Labute approximate surface area is 148 Å². The van der Waals surface area contributed by atoms with E-state index in [1.54, 1.807) is 0 Å². The van der Waals surface area contributed by atoms with Crippen LogP contribution in [0.25, 0.3) is 5.69 Å². The maximum Gasteiger partial charge on any atom is 0.315 e. The van der Waals surface area contributed by atoms with Crippen molar-refractivity contribution >= 4 is 5.97 Å². The first-order valence-corrected chi connectivity index (χ1v) is 8.34. The second-order valence-corrected chi connectivity index (χ2v) is 6.29. The van der Waals surface area contributed by atoms with Crippen molar-refractivity contribution in [3.8, 4) is 11.4 Å². The Hall–Kier alpha value is -2.88. The standard InChI is InChI=1S/C21H22N2O2/c1-14-10-11-19(12-15(14)2)25-21(24)13-20-16(3)22-23(17(20)4)18-8-6-5-7-9-18/h5-12H,13H2,1-4H3. The van der Waals surface area contributed by atoms with Crippen molar-refractivity contribution in [2.24, 2.45) is 0 Å². The molecule has 0 amide bonds. The third-order valence-corrected chi connectivity index (χ3v) is 4.47. The molecule has 25 heavy (non-hydrogen) atoms. The number of para-hydroxylation sites is 1. The third kappa shape index (κ3) is 3.63. The number of hydrogen-bond acceptors (Lipinski definition) is 3. The van der Waals surface area contributed by atoms with Gasteiger partial charge in [0.05, 0.1) is 17.8 Å². The van der Waals surface area contributed by atoms with Gasteiger partial charge in [0.15, 0.2) is 0 Å². The van der Waals surface area contributed by atoms with E-state index in [-0.39, 0.29) is 12.4 Å². The fourth-order valence-electron chi connectivity index (χ4n) is 2.84. The first-order chi connectivity index (χ1) is 12.0. The molecule has 4 heteroatoms. The summed E-state index contributed by atoms with van der Waals surface area (Å²) in [6, 6.07) is 15.6. The molecule has 1 heterocycles. The molecule has 0 aliphatic rings. The normalized spacial score (nSPS) is 10.7. The van der Waals surface area contributed by atoms with Gasteiger partial charge < -0.3 is 4.74 Å². The highest BCUT2D eigenvalue weighted by molar-refractivity contribution is 5.76. The Morgan fingerprint density at radius 3 is 2.40 bits per heavy atom. The van der Waals surface area contributed by atoms with Crippen molar-refractivity contribution in [3.05, 3.63) is 76.6 Å². The quantitative estimate of drug-likeness (QED) is 0.529. The summed E-state index contributed by atoms with van der Waals surface area (Å²) in [5, 5.41) is 4.58. The number of esters is 1. The van der Waals surface area contributed by atoms with Gasteiger partial charge in [-0.25, -0.2) is 4.68 Å². The second kappa shape index (κ2) is 6.93. The maximum absolute atomic E-state index is 12.4. The van der Waals surface area contributed by atoms with Crippen molar-refractivity contribution in [3.63, 3.8) is 0 Å². The van der Waals surface area contributed by atoms with Gasteiger partial charge in [-0.15, -0.1) is 0 Å². The van der Waals surface area contributed by atoms with Crippen molar-refractivity contribution in [1.29, 1.82) is 0 Å². The SMILES string of the molecule is Cc1ccc(OC(=O)Cc2c(C)nn(-c3ccccc3)c2C)cc1C. The number of hydrogen-bond donors (Lipinski definition) is 0. The minimum absolute atomic E-state index is 0.206. The highest BCUT2D eigenvalue weighted by Gasteiger charge is 2.17. The topological polar surface area (TPSA) is 44.1 Å². The van der Waals surface area contributed by atoms with Crippen molar-refractivity contribution < 1.29 is 9.53 Å². The van der Waals surface area contributed by atoms with Crippen LogP contribution in [0, 0.1) is 27.7 Å². The van der Waals surface area contributed by atoms with E-state index in [1.165, 1.54) is 5.56 Å². The number of benzene rings is 2. The summed E-state index contributed by atoms with van der Waals surface area (Å²) in [6.07, 6.45) is 0.206. The Morgan fingerprint density at radius 2 is 1.72 bits per heavy atom. The summed E-state index contributed by atoms with van der Waals surface area (Å²) in [6.45, 7) is 7.94. The van der Waals surface area contributed by atoms with Crippen LogP contribution in [0.2, 0.25) is 0 Å². The molecule has 0 radical (unpaired) electrons. The molecule has 4 nitrogen and oxygen atoms in total. The van der Waals surface area contributed by atoms with E-state index in [2.05, 4.69) is 5.10 Å². The van der Waals surface area contributed by atoms with Crippen molar-refractivity contribution in [2.75, 3.05) is 0 Å². The Bertz CT molecular complexity index is 911. The van der Waals surface area contributed by atoms with Gasteiger partial charge in [-0.3, -0.25) is 4.79 Å². The molecule has 0 aliphatic heterocycles. The molecule has 0 fully saturated rings. The van der Waals surface area contributed by atoms with Gasteiger partial charge in [0.2, 0.25) is 0 Å². The van der Waals surface area contributed by atoms with Gasteiger partial charge in [0, 0.05) is 11.3 Å². The Balaban J connectivity index is 1.79. The van der Waals surface area contributed by atoms with E-state index < -0.39 is 0 Å². The van der Waals surface area contributed by atoms with E-state index in [0.717, 1.165) is 28.2 Å². The predicted molar refractivity (Wildman–Crippen MR) is 98.3 cm³/mol. The molecule has 0 saturated carbocycles. The number of ether oxygens (including phenoxy) is 1. The molecule has 0 saturated heterocycles. The van der Waals surface area contributed by atoms with Gasteiger partial charge in [-0.2, -0.15) is 5.10 Å². The molecule has 128 valence electrons. The molecular weight excluding hydrogens is 312 g/mol. The number of carbonyl (C=O) groups is 1. The molecule has 3 aromatic rings. The number of rotatable bonds is 4. The Morgan fingerprint density at radius 1 is 1.00 bits per heavy atom. The van der Waals surface area contributed by atoms with Crippen LogP contribution in [0.5, 0.6) is 5.75 Å². The van der Waals surface area contributed by atoms with Crippen LogP contribution in [0.4, 0.5) is 0 Å². The molecule has 1 aromatic heterocycles. The molecule has 0 aliphatic carbocycles. The Kier molecular flexibility index (Phi) is 4.70. The zero-order chi connectivity index (χ0) is 18.0. The van der Waals surface area contributed by atoms with Crippen LogP contribution in [0.3, 0.4) is 0 Å². The molecule has 3 rings (SSSR count). The highest BCUT2D eigenvalue weighted by atomic mass is 16.5. The summed E-state index contributed by atoms with van der Waals surface area (Å²) in [5.41, 5.74) is 5.99. The second-order valence-electron chi connectivity index (χ2n) is 6.29. The number of aromatic nitrogens is 2. The van der Waals surface area contributed by atoms with Gasteiger partial charge >= 0.3 is 5.97 Å². The summed E-state index contributed by atoms with van der Waals surface area (Å²) in [5.74, 6) is 0.306. The number of nitrogens with zero attached hydrogens (tertiary/aromatic N) is 2. The minimum atomic E-state index is -0.276. The fraction of sp³-hybridized carbons (Fsp3) is 0.238. The average Bonchev–Trinajstić information content (AvgIpc) is 2.87. The van der Waals surface area contributed by atoms with Crippen molar-refractivity contribution in [1.82, 2.24) is 9.78 Å². The summed E-state index contributed by atoms with van der Waals surface area (Å²) >= 11 is 0. The van der Waals surface area contributed by atoms with Crippen LogP contribution in [0.15, 0.2) is 48.5 Å². The van der Waals surface area contributed by atoms with Crippen molar-refractivity contribution in [2.45, 2.75) is 34.1 Å². The molecular formula is C21H22N2O2. The molecule has 0 N–H and O–H groups in total. The van der Waals surface area contributed by atoms with E-state index in [0.29, 0.717) is 5.75 Å². The monoisotopic (exact) mass is 334 g/mol. The highest BCUT2D eigenvalue weighted by Crippen LogP contribution is 2.20. The van der Waals surface area contributed by atoms with E-state index >= 15 is 0 Å². The molecule has 0 bridgehead atoms. The number of aryl methyl sites for hydroxylation is 3. The molecule has 2 aromatic carbocycles. The van der Waals surface area contributed by atoms with E-state index in [1.807, 2.05) is 80.9 Å². The van der Waals surface area contributed by atoms with Gasteiger partial charge in [0.1, 0.15) is 5.75 Å². The summed E-state index contributed by atoms with van der Waals surface area (Å²) < 4.78 is 7.37. The first kappa shape index (κ1) is 17.0. The zero-order valence-corrected chi connectivity index (χ0v) is 15.0. The lowest BCUT2D eigenvalue weighted by atomic mass is 10.1. The zero-order valence-electron chi connectivity index (χ0n) is 15.0. The van der Waals surface area contributed by atoms with Gasteiger partial charge in [-0.05, 0) is 63.1 Å². The van der Waals surface area contributed by atoms with Crippen LogP contribution in [0.1, 0.15) is 28.1 Å². The van der Waals surface area contributed by atoms with Gasteiger partial charge in [-0.1, -0.05) is 24.3 Å². The molecule has 0 atom stereocenters. The molecule has 0 spiro atoms. The van der Waals surface area contributed by atoms with Crippen LogP contribution in [-0.2, 0) is 11.2 Å². The van der Waals surface area contributed by atoms with Gasteiger partial charge in [0.25, 0.3) is 0 Å². The van der Waals surface area contributed by atoms with E-state index in [4.69, 9.17) is 4.74 Å². The lowest BCUT2D eigenvalue weighted by Gasteiger charge is -2.08. The van der Waals surface area contributed by atoms with E-state index in [9.17, 15) is 4.79 Å². The lowest BCUT2D eigenvalue weighted by molar-refractivity contribution is -0.133. The smallest absolute Gasteiger partial charge is 0.315 e. The first-order valence-electron chi connectivity index (χ1n) is 8.34. The minimum Gasteiger partial charge on any atom is -0.426 e. The van der Waals surface area contributed by atoms with Crippen LogP contribution in [-0.4, -0.2) is 15.7 Å². The fourth-order valence-corrected chi connectivity index (χ4v) is 2.84. The predicted octanol–water partition coefficient (Wildman–Crippen LogP) is 4.25. The maximum atomic E-state index is 12.4. The summed E-state index contributed by atoms with van der Waals surface area (Å²) in [7, 11) is 0. The molecule has 0 unspecified atom stereocenters.